The van der Waals surface area contributed by atoms with E-state index in [0.29, 0.717) is 19.3 Å². The SMILES string of the molecule is CC/C=C\C/C=C\C/C=C\C/C=C\C/C=C\C/C=C\C/C=C\CCCCCCCCCCCC(=O)OCC(COC(=O)CCCCCCC/C=C\CCCCC)OC(=O)C/C=C\C/C=C\C/C=C\C/C=C\C/C=C\CC. The Balaban J connectivity index is 4.35. The molecule has 0 heterocycles. The molecule has 76 heavy (non-hydrogen) atoms. The van der Waals surface area contributed by atoms with Crippen LogP contribution in [0.2, 0.25) is 0 Å². The van der Waals surface area contributed by atoms with Crippen molar-refractivity contribution in [1.29, 1.82) is 0 Å². The molecule has 0 aromatic heterocycles. The zero-order chi connectivity index (χ0) is 55.0. The van der Waals surface area contributed by atoms with Gasteiger partial charge in [-0.3, -0.25) is 14.4 Å². The third kappa shape index (κ3) is 59.9. The zero-order valence-electron chi connectivity index (χ0n) is 48.7. The molecule has 0 aromatic carbocycles. The molecule has 0 rings (SSSR count). The summed E-state index contributed by atoms with van der Waals surface area (Å²) in [4.78, 5) is 38.1. The van der Waals surface area contributed by atoms with Crippen molar-refractivity contribution in [2.45, 2.75) is 252 Å². The molecule has 1 unspecified atom stereocenters. The fourth-order valence-electron chi connectivity index (χ4n) is 7.79. The number of carbonyl (C=O) groups excluding carboxylic acids is 3. The molecule has 0 amide bonds. The Bertz CT molecular complexity index is 1720. The first-order chi connectivity index (χ1) is 37.5. The molecule has 0 fully saturated rings. The topological polar surface area (TPSA) is 78.9 Å². The number of unbranched alkanes of at least 4 members (excludes halogenated alkanes) is 17. The summed E-state index contributed by atoms with van der Waals surface area (Å²) in [6.45, 7) is 6.28. The number of hydrogen-bond donors (Lipinski definition) is 0. The highest BCUT2D eigenvalue weighted by Crippen LogP contribution is 2.14. The van der Waals surface area contributed by atoms with Gasteiger partial charge in [-0.2, -0.15) is 0 Å². The second kappa shape index (κ2) is 62.6. The Labute approximate surface area is 467 Å². The van der Waals surface area contributed by atoms with Crippen LogP contribution in [-0.2, 0) is 28.6 Å². The Kier molecular flexibility index (Phi) is 58.5. The second-order valence-corrected chi connectivity index (χ2v) is 19.5. The van der Waals surface area contributed by atoms with E-state index in [4.69, 9.17) is 14.2 Å². The molecule has 426 valence electrons. The van der Waals surface area contributed by atoms with Crippen LogP contribution in [0.4, 0.5) is 0 Å². The lowest BCUT2D eigenvalue weighted by Gasteiger charge is -2.18. The number of esters is 3. The van der Waals surface area contributed by atoms with Crippen molar-refractivity contribution < 1.29 is 28.6 Å². The molecule has 0 radical (unpaired) electrons. The molecule has 0 aromatic rings. The minimum Gasteiger partial charge on any atom is -0.462 e. The van der Waals surface area contributed by atoms with Crippen molar-refractivity contribution in [3.63, 3.8) is 0 Å². The summed E-state index contributed by atoms with van der Waals surface area (Å²) in [5.41, 5.74) is 0. The van der Waals surface area contributed by atoms with Crippen LogP contribution >= 0.6 is 0 Å². The number of rotatable bonds is 53. The normalized spacial score (nSPS) is 13.2. The van der Waals surface area contributed by atoms with E-state index in [1.165, 1.54) is 70.6 Å². The molecular formula is C70H110O6. The first kappa shape index (κ1) is 71.0. The monoisotopic (exact) mass is 1050 g/mol. The Hall–Kier alpha value is -4.97. The molecule has 0 aliphatic carbocycles. The molecule has 6 heteroatoms. The maximum Gasteiger partial charge on any atom is 0.310 e. The summed E-state index contributed by atoms with van der Waals surface area (Å²) in [7, 11) is 0. The van der Waals surface area contributed by atoms with Gasteiger partial charge < -0.3 is 14.2 Å². The molecule has 1 atom stereocenters. The summed E-state index contributed by atoms with van der Waals surface area (Å²) in [5, 5.41) is 0. The van der Waals surface area contributed by atoms with Gasteiger partial charge in [0.05, 0.1) is 6.42 Å². The van der Waals surface area contributed by atoms with Gasteiger partial charge >= 0.3 is 17.9 Å². The fourth-order valence-corrected chi connectivity index (χ4v) is 7.79. The summed E-state index contributed by atoms with van der Waals surface area (Å²) in [6.07, 6.45) is 91.3. The summed E-state index contributed by atoms with van der Waals surface area (Å²) in [6, 6.07) is 0. The van der Waals surface area contributed by atoms with Crippen molar-refractivity contribution in [2.75, 3.05) is 13.2 Å². The lowest BCUT2D eigenvalue weighted by Crippen LogP contribution is -2.30. The average Bonchev–Trinajstić information content (AvgIpc) is 3.42. The van der Waals surface area contributed by atoms with Gasteiger partial charge in [0.25, 0.3) is 0 Å². The van der Waals surface area contributed by atoms with Gasteiger partial charge in [-0.25, -0.2) is 0 Å². The van der Waals surface area contributed by atoms with Crippen LogP contribution in [-0.4, -0.2) is 37.2 Å². The molecule has 0 aliphatic heterocycles. The molecule has 0 saturated heterocycles. The molecule has 0 bridgehead atoms. The number of hydrogen-bond acceptors (Lipinski definition) is 6. The maximum absolute atomic E-state index is 12.8. The van der Waals surface area contributed by atoms with Crippen LogP contribution in [0.1, 0.15) is 245 Å². The quantitative estimate of drug-likeness (QED) is 0.0261. The average molecular weight is 1050 g/mol. The predicted molar refractivity (Wildman–Crippen MR) is 329 cm³/mol. The van der Waals surface area contributed by atoms with Crippen molar-refractivity contribution in [3.05, 3.63) is 158 Å². The minimum absolute atomic E-state index is 0.0875. The van der Waals surface area contributed by atoms with E-state index >= 15 is 0 Å². The van der Waals surface area contributed by atoms with Gasteiger partial charge in [-0.1, -0.05) is 256 Å². The standard InChI is InChI=1S/C70H110O6/c1-4-7-10-13-16-19-22-25-27-28-29-30-31-32-33-34-35-36-37-38-39-40-41-42-44-45-48-51-54-57-60-63-69(72)75-66-67(65-74-68(71)62-59-56-53-50-47-24-21-18-15-12-9-6-3)76-70(73)64-61-58-55-52-49-46-43-26-23-20-17-14-11-8-5-2/h7-8,10-11,16-21,25-27,29-30,32-33,35-36,38-39,43,49,52,58,61,67H,4-6,9,12-15,22-24,28,31,34,37,40-42,44-48,50-51,53-57,59-60,62-66H2,1-3H3/b10-7-,11-8-,19-16-,20-17-,21-18-,27-25-,30-29-,33-32-,36-35-,39-38-,43-26-,52-49-,61-58-. The van der Waals surface area contributed by atoms with E-state index in [2.05, 4.69) is 167 Å². The van der Waals surface area contributed by atoms with E-state index in [9.17, 15) is 14.4 Å². The largest absolute Gasteiger partial charge is 0.462 e. The Morgan fingerprint density at radius 2 is 0.553 bits per heavy atom. The van der Waals surface area contributed by atoms with Crippen LogP contribution in [0.25, 0.3) is 0 Å². The van der Waals surface area contributed by atoms with Crippen LogP contribution in [0.15, 0.2) is 158 Å². The Morgan fingerprint density at radius 3 is 0.882 bits per heavy atom. The van der Waals surface area contributed by atoms with Crippen LogP contribution in [0, 0.1) is 0 Å². The smallest absolute Gasteiger partial charge is 0.310 e. The molecule has 0 aliphatic rings. The zero-order valence-corrected chi connectivity index (χ0v) is 48.7. The van der Waals surface area contributed by atoms with E-state index in [1.807, 2.05) is 6.08 Å². The van der Waals surface area contributed by atoms with Crippen LogP contribution < -0.4 is 0 Å². The van der Waals surface area contributed by atoms with Crippen molar-refractivity contribution >= 4 is 17.9 Å². The number of allylic oxidation sites excluding steroid dienone is 25. The fraction of sp³-hybridized carbons (Fsp3) is 0.586. The van der Waals surface area contributed by atoms with Gasteiger partial charge in [-0.05, 0) is 128 Å². The highest BCUT2D eigenvalue weighted by molar-refractivity contribution is 5.72. The van der Waals surface area contributed by atoms with Crippen LogP contribution in [0.5, 0.6) is 0 Å². The van der Waals surface area contributed by atoms with Gasteiger partial charge in [0.2, 0.25) is 0 Å². The first-order valence-electron chi connectivity index (χ1n) is 30.5. The van der Waals surface area contributed by atoms with Crippen molar-refractivity contribution in [1.82, 2.24) is 0 Å². The maximum atomic E-state index is 12.8. The van der Waals surface area contributed by atoms with E-state index < -0.39 is 12.1 Å². The third-order valence-electron chi connectivity index (χ3n) is 12.3. The highest BCUT2D eigenvalue weighted by Gasteiger charge is 2.19. The third-order valence-corrected chi connectivity index (χ3v) is 12.3. The molecule has 0 saturated carbocycles. The molecule has 0 spiro atoms. The highest BCUT2D eigenvalue weighted by atomic mass is 16.6. The molecular weight excluding hydrogens is 937 g/mol. The summed E-state index contributed by atoms with van der Waals surface area (Å²) in [5.74, 6) is -1.08. The lowest BCUT2D eigenvalue weighted by molar-refractivity contribution is -0.166. The van der Waals surface area contributed by atoms with E-state index in [-0.39, 0.29) is 31.6 Å². The number of carbonyl (C=O) groups is 3. The van der Waals surface area contributed by atoms with Crippen LogP contribution in [0.3, 0.4) is 0 Å². The van der Waals surface area contributed by atoms with Gasteiger partial charge in [-0.15, -0.1) is 0 Å². The van der Waals surface area contributed by atoms with E-state index in [0.717, 1.165) is 128 Å². The minimum atomic E-state index is -0.845. The lowest BCUT2D eigenvalue weighted by atomic mass is 10.1. The number of ether oxygens (including phenoxy) is 3. The van der Waals surface area contributed by atoms with Gasteiger partial charge in [0.1, 0.15) is 13.2 Å². The van der Waals surface area contributed by atoms with Crippen molar-refractivity contribution in [3.8, 4) is 0 Å². The van der Waals surface area contributed by atoms with E-state index in [1.54, 1.807) is 6.08 Å². The first-order valence-corrected chi connectivity index (χ1v) is 30.5. The van der Waals surface area contributed by atoms with Crippen molar-refractivity contribution in [2.24, 2.45) is 0 Å². The van der Waals surface area contributed by atoms with Gasteiger partial charge in [0.15, 0.2) is 6.10 Å². The Morgan fingerprint density at radius 1 is 0.289 bits per heavy atom. The molecule has 6 nitrogen and oxygen atoms in total. The second-order valence-electron chi connectivity index (χ2n) is 19.5. The summed E-state index contributed by atoms with van der Waals surface area (Å²) >= 11 is 0. The molecule has 0 N–H and O–H groups in total. The summed E-state index contributed by atoms with van der Waals surface area (Å²) < 4.78 is 16.7. The van der Waals surface area contributed by atoms with Gasteiger partial charge in [0, 0.05) is 12.8 Å². The predicted octanol–water partition coefficient (Wildman–Crippen LogP) is 20.9.